The molecule has 2 aromatic heterocycles. The van der Waals surface area contributed by atoms with Crippen LogP contribution >= 0.6 is 0 Å². The summed E-state index contributed by atoms with van der Waals surface area (Å²) in [6.07, 6.45) is 3.49. The average Bonchev–Trinajstić information content (AvgIpc) is 2.37. The molecule has 19 heavy (non-hydrogen) atoms. The van der Waals surface area contributed by atoms with Crippen molar-refractivity contribution in [2.45, 2.75) is 20.4 Å². The van der Waals surface area contributed by atoms with E-state index in [4.69, 9.17) is 5.11 Å². The van der Waals surface area contributed by atoms with E-state index in [2.05, 4.69) is 15.3 Å². The molecule has 0 bridgehead atoms. The second-order valence-corrected chi connectivity index (χ2v) is 4.31. The lowest BCUT2D eigenvalue weighted by Crippen LogP contribution is -2.09. The fourth-order valence-corrected chi connectivity index (χ4v) is 1.74. The maximum atomic E-state index is 11.1. The maximum absolute atomic E-state index is 11.1. The standard InChI is InChI=1S/C14H15N3O2/c1-9-7-15-6-5-11(9)8-16-13-12(14(18)19)4-3-10(2)17-13/h3-7H,8H2,1-2H3,(H,16,17)(H,18,19). The van der Waals surface area contributed by atoms with Crippen LogP contribution in [-0.4, -0.2) is 21.0 Å². The van der Waals surface area contributed by atoms with E-state index in [9.17, 15) is 4.79 Å². The van der Waals surface area contributed by atoms with Gasteiger partial charge in [0.15, 0.2) is 0 Å². The first-order valence-electron chi connectivity index (χ1n) is 5.92. The summed E-state index contributed by atoms with van der Waals surface area (Å²) in [4.78, 5) is 19.4. The lowest BCUT2D eigenvalue weighted by molar-refractivity contribution is 0.0697. The minimum atomic E-state index is -0.985. The Bertz CT molecular complexity index is 611. The zero-order valence-corrected chi connectivity index (χ0v) is 10.8. The number of aromatic carboxylic acids is 1. The second-order valence-electron chi connectivity index (χ2n) is 4.31. The molecule has 2 rings (SSSR count). The van der Waals surface area contributed by atoms with Crippen molar-refractivity contribution < 1.29 is 9.90 Å². The Hall–Kier alpha value is -2.43. The summed E-state index contributed by atoms with van der Waals surface area (Å²) in [5, 5.41) is 12.2. The lowest BCUT2D eigenvalue weighted by Gasteiger charge is -2.10. The highest BCUT2D eigenvalue weighted by Crippen LogP contribution is 2.15. The molecule has 0 aliphatic heterocycles. The molecule has 5 heteroatoms. The molecular weight excluding hydrogens is 242 g/mol. The number of carboxylic acids is 1. The van der Waals surface area contributed by atoms with Gasteiger partial charge in [-0.3, -0.25) is 4.98 Å². The van der Waals surface area contributed by atoms with Crippen LogP contribution in [0.3, 0.4) is 0 Å². The number of aromatic nitrogens is 2. The van der Waals surface area contributed by atoms with Gasteiger partial charge in [-0.05, 0) is 43.2 Å². The molecule has 0 saturated heterocycles. The molecule has 0 spiro atoms. The third-order valence-corrected chi connectivity index (χ3v) is 2.85. The molecule has 0 aliphatic carbocycles. The van der Waals surface area contributed by atoms with Crippen LogP contribution in [0, 0.1) is 13.8 Å². The summed E-state index contributed by atoms with van der Waals surface area (Å²) in [5.74, 6) is -0.592. The van der Waals surface area contributed by atoms with Crippen molar-refractivity contribution in [1.82, 2.24) is 9.97 Å². The number of hydrogen-bond acceptors (Lipinski definition) is 4. The molecular formula is C14H15N3O2. The van der Waals surface area contributed by atoms with Crippen LogP contribution in [-0.2, 0) is 6.54 Å². The molecule has 0 aromatic carbocycles. The topological polar surface area (TPSA) is 75.1 Å². The Morgan fingerprint density at radius 3 is 2.79 bits per heavy atom. The number of carboxylic acid groups (broad SMARTS) is 1. The summed E-state index contributed by atoms with van der Waals surface area (Å²) in [5.41, 5.74) is 3.07. The Morgan fingerprint density at radius 1 is 1.32 bits per heavy atom. The van der Waals surface area contributed by atoms with E-state index in [1.54, 1.807) is 24.5 Å². The molecule has 0 fully saturated rings. The fourth-order valence-electron chi connectivity index (χ4n) is 1.74. The van der Waals surface area contributed by atoms with E-state index >= 15 is 0 Å². The first-order valence-corrected chi connectivity index (χ1v) is 5.92. The van der Waals surface area contributed by atoms with Crippen LogP contribution in [0.1, 0.15) is 27.2 Å². The number of anilines is 1. The third kappa shape index (κ3) is 3.07. The predicted octanol–water partition coefficient (Wildman–Crippen LogP) is 2.40. The summed E-state index contributed by atoms with van der Waals surface area (Å²) in [6, 6.07) is 5.15. The number of nitrogens with one attached hydrogen (secondary N) is 1. The molecule has 0 aliphatic rings. The van der Waals surface area contributed by atoms with Gasteiger partial charge < -0.3 is 10.4 Å². The van der Waals surface area contributed by atoms with Crippen molar-refractivity contribution in [3.05, 3.63) is 53.0 Å². The van der Waals surface area contributed by atoms with E-state index in [1.807, 2.05) is 19.9 Å². The minimum Gasteiger partial charge on any atom is -0.478 e. The predicted molar refractivity (Wildman–Crippen MR) is 72.2 cm³/mol. The molecule has 0 unspecified atom stereocenters. The summed E-state index contributed by atoms with van der Waals surface area (Å²) in [6.45, 7) is 4.31. The van der Waals surface area contributed by atoms with Gasteiger partial charge in [0.1, 0.15) is 11.4 Å². The first-order chi connectivity index (χ1) is 9.08. The van der Waals surface area contributed by atoms with Crippen molar-refractivity contribution in [2.75, 3.05) is 5.32 Å². The van der Waals surface area contributed by atoms with Gasteiger partial charge in [-0.15, -0.1) is 0 Å². The van der Waals surface area contributed by atoms with Crippen LogP contribution in [0.15, 0.2) is 30.6 Å². The Kier molecular flexibility index (Phi) is 3.75. The van der Waals surface area contributed by atoms with Gasteiger partial charge in [0.05, 0.1) is 0 Å². The maximum Gasteiger partial charge on any atom is 0.339 e. The monoisotopic (exact) mass is 257 g/mol. The van der Waals surface area contributed by atoms with E-state index in [0.29, 0.717) is 12.4 Å². The van der Waals surface area contributed by atoms with Crippen LogP contribution in [0.5, 0.6) is 0 Å². The van der Waals surface area contributed by atoms with E-state index < -0.39 is 5.97 Å². The summed E-state index contributed by atoms with van der Waals surface area (Å²) in [7, 11) is 0. The number of nitrogens with zero attached hydrogens (tertiary/aromatic N) is 2. The van der Waals surface area contributed by atoms with Gasteiger partial charge in [0.25, 0.3) is 0 Å². The Labute approximate surface area is 111 Å². The van der Waals surface area contributed by atoms with E-state index in [1.165, 1.54) is 0 Å². The van der Waals surface area contributed by atoms with Crippen LogP contribution in [0.25, 0.3) is 0 Å². The molecule has 98 valence electrons. The number of rotatable bonds is 4. The molecule has 2 heterocycles. The SMILES string of the molecule is Cc1ccc(C(=O)O)c(NCc2ccncc2C)n1. The lowest BCUT2D eigenvalue weighted by atomic mass is 10.1. The molecule has 0 atom stereocenters. The van der Waals surface area contributed by atoms with Gasteiger partial charge in [0.2, 0.25) is 0 Å². The zero-order chi connectivity index (χ0) is 13.8. The van der Waals surface area contributed by atoms with Crippen molar-refractivity contribution in [1.29, 1.82) is 0 Å². The van der Waals surface area contributed by atoms with Crippen LogP contribution in [0.2, 0.25) is 0 Å². The van der Waals surface area contributed by atoms with E-state index in [0.717, 1.165) is 16.8 Å². The molecule has 0 radical (unpaired) electrons. The van der Waals surface area contributed by atoms with Gasteiger partial charge in [0, 0.05) is 24.6 Å². The minimum absolute atomic E-state index is 0.178. The normalized spacial score (nSPS) is 10.2. The number of hydrogen-bond donors (Lipinski definition) is 2. The quantitative estimate of drug-likeness (QED) is 0.879. The molecule has 0 amide bonds. The van der Waals surface area contributed by atoms with Crippen LogP contribution in [0.4, 0.5) is 5.82 Å². The Morgan fingerprint density at radius 2 is 2.11 bits per heavy atom. The number of aryl methyl sites for hydroxylation is 2. The highest BCUT2D eigenvalue weighted by molar-refractivity contribution is 5.93. The molecule has 2 aromatic rings. The highest BCUT2D eigenvalue weighted by Gasteiger charge is 2.11. The van der Waals surface area contributed by atoms with Gasteiger partial charge in [-0.1, -0.05) is 0 Å². The number of carbonyl (C=O) groups is 1. The van der Waals surface area contributed by atoms with Crippen molar-refractivity contribution >= 4 is 11.8 Å². The second kappa shape index (κ2) is 5.48. The first kappa shape index (κ1) is 13.0. The van der Waals surface area contributed by atoms with Crippen LogP contribution < -0.4 is 5.32 Å². The van der Waals surface area contributed by atoms with Gasteiger partial charge in [-0.25, -0.2) is 9.78 Å². The van der Waals surface area contributed by atoms with Crippen molar-refractivity contribution in [3.63, 3.8) is 0 Å². The van der Waals surface area contributed by atoms with E-state index in [-0.39, 0.29) is 5.56 Å². The largest absolute Gasteiger partial charge is 0.478 e. The summed E-state index contributed by atoms with van der Waals surface area (Å²) >= 11 is 0. The number of pyridine rings is 2. The zero-order valence-electron chi connectivity index (χ0n) is 10.8. The third-order valence-electron chi connectivity index (χ3n) is 2.85. The fraction of sp³-hybridized carbons (Fsp3) is 0.214. The Balaban J connectivity index is 2.22. The smallest absolute Gasteiger partial charge is 0.339 e. The van der Waals surface area contributed by atoms with Crippen molar-refractivity contribution in [2.24, 2.45) is 0 Å². The van der Waals surface area contributed by atoms with Crippen molar-refractivity contribution in [3.8, 4) is 0 Å². The molecule has 5 nitrogen and oxygen atoms in total. The van der Waals surface area contributed by atoms with Gasteiger partial charge in [-0.2, -0.15) is 0 Å². The average molecular weight is 257 g/mol. The molecule has 0 saturated carbocycles. The highest BCUT2D eigenvalue weighted by atomic mass is 16.4. The summed E-state index contributed by atoms with van der Waals surface area (Å²) < 4.78 is 0. The molecule has 2 N–H and O–H groups in total. The van der Waals surface area contributed by atoms with Gasteiger partial charge >= 0.3 is 5.97 Å².